The Morgan fingerprint density at radius 3 is 2.68 bits per heavy atom. The molecule has 0 unspecified atom stereocenters. The fraction of sp³-hybridized carbons (Fsp3) is 0.200. The van der Waals surface area contributed by atoms with Gasteiger partial charge in [-0.3, -0.25) is 14.7 Å². The molecule has 37 heavy (non-hydrogen) atoms. The van der Waals surface area contributed by atoms with Crippen molar-refractivity contribution in [1.82, 2.24) is 14.8 Å². The van der Waals surface area contributed by atoms with Crippen LogP contribution in [0.1, 0.15) is 21.5 Å². The number of pyridine rings is 1. The minimum absolute atomic E-state index is 0.000415. The van der Waals surface area contributed by atoms with Crippen molar-refractivity contribution < 1.29 is 9.53 Å². The summed E-state index contributed by atoms with van der Waals surface area (Å²) in [6.07, 6.45) is 3.70. The number of hydrogen-bond donors (Lipinski definition) is 1. The molecular formula is C30H30N4O2S. The molecule has 0 aliphatic carbocycles. The number of fused-ring (bicyclic) bond motifs is 1. The fourth-order valence-corrected chi connectivity index (χ4v) is 5.37. The molecule has 188 valence electrons. The maximum Gasteiger partial charge on any atom is 0.257 e. The Bertz CT molecular complexity index is 1410. The smallest absolute Gasteiger partial charge is 0.257 e. The first-order chi connectivity index (χ1) is 18.2. The Morgan fingerprint density at radius 2 is 1.86 bits per heavy atom. The number of hydrogen-bond acceptors (Lipinski definition) is 6. The average molecular weight is 511 g/mol. The van der Waals surface area contributed by atoms with Gasteiger partial charge < -0.3 is 14.4 Å². The van der Waals surface area contributed by atoms with Crippen LogP contribution < -0.4 is 9.46 Å². The molecular weight excluding hydrogens is 480 g/mol. The minimum atomic E-state index is 0.000415. The van der Waals surface area contributed by atoms with Crippen LogP contribution in [0.4, 0.5) is 5.69 Å². The Balaban J connectivity index is 1.22. The normalized spacial score (nSPS) is 13.9. The van der Waals surface area contributed by atoms with E-state index in [1.807, 2.05) is 53.4 Å². The predicted octanol–water partition coefficient (Wildman–Crippen LogP) is 5.96. The first-order valence-corrected chi connectivity index (χ1v) is 13.1. The topological polar surface area (TPSA) is 57.7 Å². The summed E-state index contributed by atoms with van der Waals surface area (Å²) >= 11 is 1.49. The number of carbonyl (C=O) groups excluding carboxylic acids is 1. The molecule has 0 bridgehead atoms. The Hall–Kier alpha value is -3.81. The van der Waals surface area contributed by atoms with Gasteiger partial charge in [-0.1, -0.05) is 55.1 Å². The number of benzene rings is 3. The predicted molar refractivity (Wildman–Crippen MR) is 152 cm³/mol. The number of ether oxygens (including phenoxy) is 1. The zero-order chi connectivity index (χ0) is 25.6. The number of anilines is 1. The van der Waals surface area contributed by atoms with Crippen molar-refractivity contribution in [2.24, 2.45) is 0 Å². The highest BCUT2D eigenvalue weighted by Crippen LogP contribution is 2.31. The molecule has 1 fully saturated rings. The first-order valence-electron chi connectivity index (χ1n) is 12.3. The van der Waals surface area contributed by atoms with E-state index in [1.165, 1.54) is 17.5 Å². The highest BCUT2D eigenvalue weighted by Gasteiger charge is 2.25. The summed E-state index contributed by atoms with van der Waals surface area (Å²) in [6.45, 7) is 7.80. The van der Waals surface area contributed by atoms with Gasteiger partial charge in [0.05, 0.1) is 23.1 Å². The number of aromatic nitrogens is 1. The number of para-hydroxylation sites is 1. The van der Waals surface area contributed by atoms with E-state index in [4.69, 9.17) is 4.74 Å². The van der Waals surface area contributed by atoms with Crippen LogP contribution in [-0.4, -0.2) is 54.0 Å². The monoisotopic (exact) mass is 510 g/mol. The van der Waals surface area contributed by atoms with Crippen molar-refractivity contribution in [3.05, 3.63) is 102 Å². The zero-order valence-electron chi connectivity index (χ0n) is 20.9. The van der Waals surface area contributed by atoms with Gasteiger partial charge in [-0.05, 0) is 47.3 Å². The lowest BCUT2D eigenvalue weighted by Crippen LogP contribution is -2.48. The van der Waals surface area contributed by atoms with Crippen LogP contribution in [0.15, 0.2) is 90.5 Å². The van der Waals surface area contributed by atoms with Crippen LogP contribution in [0.2, 0.25) is 0 Å². The van der Waals surface area contributed by atoms with Crippen molar-refractivity contribution in [3.8, 4) is 5.75 Å². The fourth-order valence-electron chi connectivity index (χ4n) is 4.60. The van der Waals surface area contributed by atoms with E-state index >= 15 is 0 Å². The highest BCUT2D eigenvalue weighted by atomic mass is 32.2. The van der Waals surface area contributed by atoms with Crippen molar-refractivity contribution in [1.29, 1.82) is 0 Å². The number of nitrogens with zero attached hydrogens (tertiary/aromatic N) is 3. The number of carbonyl (C=O) groups is 1. The average Bonchev–Trinajstić information content (AvgIpc) is 2.96. The van der Waals surface area contributed by atoms with E-state index in [9.17, 15) is 4.79 Å². The maximum absolute atomic E-state index is 13.4. The summed E-state index contributed by atoms with van der Waals surface area (Å²) in [5.41, 5.74) is 4.81. The molecule has 1 aromatic heterocycles. The van der Waals surface area contributed by atoms with Gasteiger partial charge in [0.2, 0.25) is 0 Å². The van der Waals surface area contributed by atoms with Crippen molar-refractivity contribution in [2.45, 2.75) is 11.4 Å². The molecule has 1 aliphatic heterocycles. The lowest BCUT2D eigenvalue weighted by Gasteiger charge is -2.35. The van der Waals surface area contributed by atoms with Crippen LogP contribution in [0.3, 0.4) is 0 Å². The highest BCUT2D eigenvalue weighted by molar-refractivity contribution is 8.00. The lowest BCUT2D eigenvalue weighted by molar-refractivity contribution is 0.0625. The van der Waals surface area contributed by atoms with Gasteiger partial charge in [0, 0.05) is 56.1 Å². The number of rotatable bonds is 8. The number of amides is 1. The number of methoxy groups -OCH3 is 1. The Kier molecular flexibility index (Phi) is 7.73. The maximum atomic E-state index is 13.4. The molecule has 0 saturated carbocycles. The van der Waals surface area contributed by atoms with Gasteiger partial charge in [0.25, 0.3) is 5.91 Å². The van der Waals surface area contributed by atoms with E-state index < -0.39 is 0 Å². The van der Waals surface area contributed by atoms with Crippen molar-refractivity contribution in [2.75, 3.05) is 38.0 Å². The quantitative estimate of drug-likeness (QED) is 0.295. The summed E-state index contributed by atoms with van der Waals surface area (Å²) in [4.78, 5) is 23.2. The minimum Gasteiger partial charge on any atom is -0.496 e. The largest absolute Gasteiger partial charge is 0.496 e. The third kappa shape index (κ3) is 5.63. The second-order valence-corrected chi connectivity index (χ2v) is 9.77. The third-order valence-electron chi connectivity index (χ3n) is 6.63. The van der Waals surface area contributed by atoms with E-state index in [-0.39, 0.29) is 5.91 Å². The molecule has 0 atom stereocenters. The van der Waals surface area contributed by atoms with E-state index in [1.54, 1.807) is 13.3 Å². The molecule has 0 spiro atoms. The molecule has 2 heterocycles. The lowest BCUT2D eigenvalue weighted by atomic mass is 10.1. The third-order valence-corrected chi connectivity index (χ3v) is 7.52. The summed E-state index contributed by atoms with van der Waals surface area (Å²) in [6, 6.07) is 24.1. The van der Waals surface area contributed by atoms with Crippen LogP contribution in [0.25, 0.3) is 17.0 Å². The van der Waals surface area contributed by atoms with Gasteiger partial charge >= 0.3 is 0 Å². The summed E-state index contributed by atoms with van der Waals surface area (Å²) < 4.78 is 8.99. The van der Waals surface area contributed by atoms with E-state index in [2.05, 4.69) is 51.5 Å². The molecule has 0 radical (unpaired) electrons. The van der Waals surface area contributed by atoms with E-state index in [0.717, 1.165) is 46.7 Å². The zero-order valence-corrected chi connectivity index (χ0v) is 21.7. The molecule has 1 saturated heterocycles. The van der Waals surface area contributed by atoms with E-state index in [0.29, 0.717) is 24.4 Å². The van der Waals surface area contributed by atoms with Gasteiger partial charge in [0.1, 0.15) is 5.75 Å². The van der Waals surface area contributed by atoms with Crippen LogP contribution in [0, 0.1) is 0 Å². The molecule has 1 N–H and O–H groups in total. The summed E-state index contributed by atoms with van der Waals surface area (Å²) in [5.74, 6) is 0.564. The van der Waals surface area contributed by atoms with Gasteiger partial charge in [-0.2, -0.15) is 0 Å². The second kappa shape index (κ2) is 11.5. The van der Waals surface area contributed by atoms with Crippen LogP contribution >= 0.6 is 11.9 Å². The standard InChI is InChI=1S/C30H30N4O2S/c1-3-22-8-4-5-9-24(22)21-33-16-18-34(19-17-33)30(35)26-14-13-25(20-27(26)36-2)32-37-28-12-6-10-23-11-7-15-31-29(23)28/h3-15,20,32H,1,16-19,21H2,2H3. The number of piperazine rings is 1. The Labute approximate surface area is 222 Å². The van der Waals surface area contributed by atoms with Gasteiger partial charge in [0.15, 0.2) is 0 Å². The van der Waals surface area contributed by atoms with Crippen molar-refractivity contribution >= 4 is 40.5 Å². The molecule has 3 aromatic carbocycles. The SMILES string of the molecule is C=Cc1ccccc1CN1CCN(C(=O)c2ccc(NSc3cccc4cccnc34)cc2OC)CC1. The molecule has 5 rings (SSSR count). The number of nitrogens with one attached hydrogen (secondary N) is 1. The second-order valence-electron chi connectivity index (χ2n) is 8.92. The van der Waals surface area contributed by atoms with Gasteiger partial charge in [-0.15, -0.1) is 0 Å². The first kappa shape index (κ1) is 24.9. The van der Waals surface area contributed by atoms with Crippen LogP contribution in [-0.2, 0) is 6.54 Å². The molecule has 1 aliphatic rings. The molecule has 4 aromatic rings. The molecule has 1 amide bonds. The van der Waals surface area contributed by atoms with Crippen molar-refractivity contribution in [3.63, 3.8) is 0 Å². The summed E-state index contributed by atoms with van der Waals surface area (Å²) in [7, 11) is 1.60. The summed E-state index contributed by atoms with van der Waals surface area (Å²) in [5, 5.41) is 1.10. The molecule has 7 heteroatoms. The molecule has 6 nitrogen and oxygen atoms in total. The van der Waals surface area contributed by atoms with Crippen LogP contribution in [0.5, 0.6) is 5.75 Å². The van der Waals surface area contributed by atoms with Gasteiger partial charge in [-0.25, -0.2) is 0 Å². The Morgan fingerprint density at radius 1 is 1.05 bits per heavy atom.